The van der Waals surface area contributed by atoms with Crippen LogP contribution in [0.3, 0.4) is 0 Å². The average Bonchev–Trinajstić information content (AvgIpc) is 2.45. The van der Waals surface area contributed by atoms with E-state index in [0.29, 0.717) is 19.3 Å². The predicted molar refractivity (Wildman–Crippen MR) is 72.0 cm³/mol. The summed E-state index contributed by atoms with van der Waals surface area (Å²) >= 11 is 0. The molecule has 1 heterocycles. The highest BCUT2D eigenvalue weighted by atomic mass is 16.5. The first-order chi connectivity index (χ1) is 9.70. The van der Waals surface area contributed by atoms with E-state index in [-0.39, 0.29) is 6.04 Å². The molecular formula is C14H14N2O4. The van der Waals surface area contributed by atoms with Gasteiger partial charge in [0.05, 0.1) is 0 Å². The molecule has 0 unspecified atom stereocenters. The van der Waals surface area contributed by atoms with Gasteiger partial charge in [-0.25, -0.2) is 0 Å². The number of carbonyl (C=O) groups is 2. The third-order valence-corrected chi connectivity index (χ3v) is 3.76. The molecule has 6 nitrogen and oxygen atoms in total. The highest BCUT2D eigenvalue weighted by molar-refractivity contribution is 6.05. The molecule has 2 aliphatic carbocycles. The van der Waals surface area contributed by atoms with Gasteiger partial charge in [0.1, 0.15) is 24.1 Å². The molecule has 0 spiro atoms. The summed E-state index contributed by atoms with van der Waals surface area (Å²) in [5.74, 6) is -1.55. The zero-order chi connectivity index (χ0) is 14.1. The fraction of sp³-hybridized carbons (Fsp3) is 0.429. The summed E-state index contributed by atoms with van der Waals surface area (Å²) in [6.07, 6.45) is 7.93. The molecule has 0 saturated carbocycles. The molecule has 0 fully saturated rings. The molecule has 3 rings (SSSR count). The van der Waals surface area contributed by atoms with Crippen molar-refractivity contribution in [3.05, 3.63) is 24.3 Å². The van der Waals surface area contributed by atoms with E-state index in [0.717, 1.165) is 11.4 Å². The minimum atomic E-state index is -0.895. The number of fused-ring (bicyclic) bond motifs is 2. The van der Waals surface area contributed by atoms with E-state index in [4.69, 9.17) is 4.74 Å². The minimum Gasteiger partial charge on any atom is -0.481 e. The molecule has 1 N–H and O–H groups in total. The Morgan fingerprint density at radius 2 is 1.85 bits per heavy atom. The number of allylic oxidation sites excluding steroid dienone is 2. The molecule has 0 aromatic heterocycles. The summed E-state index contributed by atoms with van der Waals surface area (Å²) in [5, 5.41) is 9.25. The number of hydrogen-bond donors (Lipinski definition) is 1. The van der Waals surface area contributed by atoms with E-state index in [1.165, 1.54) is 0 Å². The van der Waals surface area contributed by atoms with Gasteiger partial charge in [-0.05, 0) is 6.08 Å². The van der Waals surface area contributed by atoms with Gasteiger partial charge in [-0.2, -0.15) is 0 Å². The Morgan fingerprint density at radius 3 is 2.55 bits per heavy atom. The molecule has 6 heteroatoms. The molecule has 4 atom stereocenters. The maximum atomic E-state index is 11.3. The summed E-state index contributed by atoms with van der Waals surface area (Å²) in [5.41, 5.74) is 1.54. The van der Waals surface area contributed by atoms with Crippen molar-refractivity contribution >= 4 is 23.9 Å². The summed E-state index contributed by atoms with van der Waals surface area (Å²) in [4.78, 5) is 31.0. The molecule has 3 aliphatic rings. The second-order valence-corrected chi connectivity index (χ2v) is 4.96. The van der Waals surface area contributed by atoms with E-state index in [1.54, 1.807) is 12.2 Å². The predicted octanol–water partition coefficient (Wildman–Crippen LogP) is 0.781. The van der Waals surface area contributed by atoms with Crippen LogP contribution in [-0.2, 0) is 14.3 Å². The summed E-state index contributed by atoms with van der Waals surface area (Å²) in [6.45, 7) is 0.408. The van der Waals surface area contributed by atoms with Gasteiger partial charge in [0, 0.05) is 24.3 Å². The van der Waals surface area contributed by atoms with E-state index < -0.39 is 24.0 Å². The molecule has 0 aromatic carbocycles. The quantitative estimate of drug-likeness (QED) is 0.608. The first-order valence-corrected chi connectivity index (χ1v) is 6.49. The first kappa shape index (κ1) is 12.8. The van der Waals surface area contributed by atoms with E-state index >= 15 is 0 Å². The van der Waals surface area contributed by atoms with Gasteiger partial charge in [-0.1, -0.05) is 18.2 Å². The zero-order valence-electron chi connectivity index (χ0n) is 10.7. The average molecular weight is 274 g/mol. The normalized spacial score (nSPS) is 34.4. The highest BCUT2D eigenvalue weighted by Crippen LogP contribution is 2.28. The monoisotopic (exact) mass is 274 g/mol. The maximum Gasteiger partial charge on any atom is 0.312 e. The van der Waals surface area contributed by atoms with Crippen LogP contribution in [-0.4, -0.2) is 47.2 Å². The number of carboxylic acids is 1. The van der Waals surface area contributed by atoms with Crippen LogP contribution in [0, 0.1) is 5.92 Å². The van der Waals surface area contributed by atoms with E-state index in [1.807, 2.05) is 12.2 Å². The lowest BCUT2D eigenvalue weighted by molar-refractivity contribution is -0.140. The van der Waals surface area contributed by atoms with Crippen molar-refractivity contribution in [3.8, 4) is 0 Å². The van der Waals surface area contributed by atoms with Crippen molar-refractivity contribution < 1.29 is 19.4 Å². The third-order valence-electron chi connectivity index (χ3n) is 3.76. The Labute approximate surface area is 115 Å². The zero-order valence-corrected chi connectivity index (χ0v) is 10.7. The SMILES string of the molecule is O=CO[C@@H]1C=CCC2=N[C@H]3C(=N[C@H]21)CC=C[C@H]3C(=O)O. The smallest absolute Gasteiger partial charge is 0.312 e. The maximum absolute atomic E-state index is 11.3. The van der Waals surface area contributed by atoms with Crippen LogP contribution in [0.4, 0.5) is 0 Å². The van der Waals surface area contributed by atoms with Crippen molar-refractivity contribution in [3.63, 3.8) is 0 Å². The lowest BCUT2D eigenvalue weighted by Crippen LogP contribution is -2.45. The van der Waals surface area contributed by atoms with Gasteiger partial charge in [-0.15, -0.1) is 0 Å². The van der Waals surface area contributed by atoms with E-state index in [9.17, 15) is 14.7 Å². The van der Waals surface area contributed by atoms with Crippen LogP contribution >= 0.6 is 0 Å². The molecule has 0 aromatic rings. The molecule has 0 saturated heterocycles. The second kappa shape index (κ2) is 5.03. The Balaban J connectivity index is 1.95. The van der Waals surface area contributed by atoms with Gasteiger partial charge in [-0.3, -0.25) is 19.6 Å². The van der Waals surface area contributed by atoms with Gasteiger partial charge < -0.3 is 9.84 Å². The largest absolute Gasteiger partial charge is 0.481 e. The van der Waals surface area contributed by atoms with Crippen LogP contribution in [0.15, 0.2) is 34.3 Å². The fourth-order valence-electron chi connectivity index (χ4n) is 2.83. The van der Waals surface area contributed by atoms with E-state index in [2.05, 4.69) is 9.98 Å². The van der Waals surface area contributed by atoms with Crippen molar-refractivity contribution in [1.29, 1.82) is 0 Å². The molecule has 0 amide bonds. The fourth-order valence-corrected chi connectivity index (χ4v) is 2.83. The number of carbonyl (C=O) groups excluding carboxylic acids is 1. The minimum absolute atomic E-state index is 0.308. The number of rotatable bonds is 3. The van der Waals surface area contributed by atoms with Crippen LogP contribution in [0.2, 0.25) is 0 Å². The number of aliphatic carboxylic acids is 1. The molecule has 0 bridgehead atoms. The Hall–Kier alpha value is -2.24. The lowest BCUT2D eigenvalue weighted by Gasteiger charge is -2.34. The van der Waals surface area contributed by atoms with Crippen LogP contribution < -0.4 is 0 Å². The standard InChI is InChI=1S/C14H14N2O4/c17-7-20-11-6-2-5-10-13(11)16-9-4-1-3-8(14(18)19)12(9)15-10/h1-3,6-8,11-13H,4-5H2,(H,18,19)/t8-,11-,12-,13-/m1/s1. The van der Waals surface area contributed by atoms with Gasteiger partial charge in [0.2, 0.25) is 0 Å². The summed E-state index contributed by atoms with van der Waals surface area (Å²) in [7, 11) is 0. The third kappa shape index (κ3) is 2.07. The number of carboxylic acid groups (broad SMARTS) is 1. The molecule has 0 radical (unpaired) electrons. The number of ether oxygens (including phenoxy) is 1. The van der Waals surface area contributed by atoms with Crippen molar-refractivity contribution in [2.75, 3.05) is 0 Å². The first-order valence-electron chi connectivity index (χ1n) is 6.49. The van der Waals surface area contributed by atoms with Crippen LogP contribution in [0.25, 0.3) is 0 Å². The van der Waals surface area contributed by atoms with Gasteiger partial charge in [0.15, 0.2) is 0 Å². The number of aliphatic imine (C=N–C) groups is 2. The topological polar surface area (TPSA) is 88.3 Å². The van der Waals surface area contributed by atoms with Crippen LogP contribution in [0.5, 0.6) is 0 Å². The summed E-state index contributed by atoms with van der Waals surface area (Å²) in [6, 6.07) is -0.732. The molecule has 104 valence electrons. The van der Waals surface area contributed by atoms with Gasteiger partial charge >= 0.3 is 5.97 Å². The molecule has 20 heavy (non-hydrogen) atoms. The Morgan fingerprint density at radius 1 is 1.20 bits per heavy atom. The van der Waals surface area contributed by atoms with Crippen LogP contribution in [0.1, 0.15) is 12.8 Å². The molecular weight excluding hydrogens is 260 g/mol. The Bertz CT molecular complexity index is 562. The second-order valence-electron chi connectivity index (χ2n) is 4.96. The molecule has 1 aliphatic heterocycles. The number of nitrogens with zero attached hydrogens (tertiary/aromatic N) is 2. The van der Waals surface area contributed by atoms with Crippen molar-refractivity contribution in [2.45, 2.75) is 31.0 Å². The number of hydrogen-bond acceptors (Lipinski definition) is 5. The lowest BCUT2D eigenvalue weighted by atomic mass is 9.85. The highest BCUT2D eigenvalue weighted by Gasteiger charge is 2.39. The van der Waals surface area contributed by atoms with Crippen molar-refractivity contribution in [2.24, 2.45) is 15.9 Å². The Kier molecular flexibility index (Phi) is 3.22. The van der Waals surface area contributed by atoms with Crippen molar-refractivity contribution in [1.82, 2.24) is 0 Å². The summed E-state index contributed by atoms with van der Waals surface area (Å²) < 4.78 is 5.02. The van der Waals surface area contributed by atoms with Gasteiger partial charge in [0.25, 0.3) is 6.47 Å².